The Morgan fingerprint density at radius 3 is 1.62 bits per heavy atom. The molecule has 0 spiro atoms. The third kappa shape index (κ3) is 5.29. The van der Waals surface area contributed by atoms with Crippen LogP contribution >= 0.6 is 0 Å². The second-order valence-corrected chi connectivity index (χ2v) is 20.4. The molecule has 0 aromatic rings. The molecule has 0 aromatic carbocycles. The van der Waals surface area contributed by atoms with Gasteiger partial charge in [0.1, 0.15) is 0 Å². The number of hydrogen-bond acceptors (Lipinski definition) is 0. The summed E-state index contributed by atoms with van der Waals surface area (Å²) in [6.07, 6.45) is 5.88. The van der Waals surface area contributed by atoms with Crippen molar-refractivity contribution in [2.24, 2.45) is 0 Å². The molecular weight excluding hydrogens is 263 g/mol. The molecule has 80 valence electrons. The molecule has 0 saturated carbocycles. The van der Waals surface area contributed by atoms with Gasteiger partial charge in [0.05, 0.1) is 0 Å². The molecule has 0 radical (unpaired) electrons. The topological polar surface area (TPSA) is 0 Å². The summed E-state index contributed by atoms with van der Waals surface area (Å²) in [6.45, 7) is 9.64. The Morgan fingerprint density at radius 1 is 0.692 bits per heavy atom. The van der Waals surface area contributed by atoms with Crippen LogP contribution in [0.3, 0.4) is 0 Å². The molecular formula is C12H28Sn. The zero-order valence-electron chi connectivity index (χ0n) is 10.2. The second-order valence-electron chi connectivity index (χ2n) is 4.37. The Labute approximate surface area is 89.4 Å². The SMILES string of the molecule is CCCCC[CH2][Sn]([CH2]C)([CH2]C)[CH2]C. The third-order valence-electron chi connectivity index (χ3n) is 3.81. The molecule has 0 rings (SSSR count). The van der Waals surface area contributed by atoms with Gasteiger partial charge in [0.2, 0.25) is 0 Å². The molecule has 13 heavy (non-hydrogen) atoms. The van der Waals surface area contributed by atoms with E-state index < -0.39 is 18.4 Å². The zero-order chi connectivity index (χ0) is 10.2. The summed E-state index contributed by atoms with van der Waals surface area (Å²) < 4.78 is 6.40. The summed E-state index contributed by atoms with van der Waals surface area (Å²) in [6, 6.07) is 0. The first-order valence-corrected chi connectivity index (χ1v) is 14.3. The van der Waals surface area contributed by atoms with Gasteiger partial charge in [-0.15, -0.1) is 0 Å². The van der Waals surface area contributed by atoms with E-state index in [9.17, 15) is 0 Å². The van der Waals surface area contributed by atoms with Crippen molar-refractivity contribution in [3.8, 4) is 0 Å². The van der Waals surface area contributed by atoms with Gasteiger partial charge in [0.25, 0.3) is 0 Å². The van der Waals surface area contributed by atoms with Crippen molar-refractivity contribution in [1.82, 2.24) is 0 Å². The number of unbranched alkanes of at least 4 members (excludes halogenated alkanes) is 3. The van der Waals surface area contributed by atoms with Crippen molar-refractivity contribution in [1.29, 1.82) is 0 Å². The van der Waals surface area contributed by atoms with E-state index in [2.05, 4.69) is 27.7 Å². The Morgan fingerprint density at radius 2 is 1.23 bits per heavy atom. The van der Waals surface area contributed by atoms with Crippen molar-refractivity contribution >= 4 is 18.4 Å². The average molecular weight is 291 g/mol. The first kappa shape index (κ1) is 13.8. The van der Waals surface area contributed by atoms with E-state index in [4.69, 9.17) is 0 Å². The molecule has 0 fully saturated rings. The maximum absolute atomic E-state index is 2.45. The van der Waals surface area contributed by atoms with Crippen LogP contribution in [-0.4, -0.2) is 18.4 Å². The molecule has 0 aliphatic heterocycles. The van der Waals surface area contributed by atoms with E-state index in [1.165, 1.54) is 19.3 Å². The van der Waals surface area contributed by atoms with Crippen LogP contribution in [0.25, 0.3) is 0 Å². The van der Waals surface area contributed by atoms with E-state index in [0.29, 0.717) is 0 Å². The van der Waals surface area contributed by atoms with E-state index in [0.717, 1.165) is 0 Å². The summed E-state index contributed by atoms with van der Waals surface area (Å²) in [5.74, 6) is 0. The van der Waals surface area contributed by atoms with Crippen molar-refractivity contribution in [3.63, 3.8) is 0 Å². The van der Waals surface area contributed by atoms with Gasteiger partial charge in [-0.2, -0.15) is 0 Å². The van der Waals surface area contributed by atoms with Gasteiger partial charge in [0, 0.05) is 0 Å². The molecule has 0 saturated heterocycles. The summed E-state index contributed by atoms with van der Waals surface area (Å²) in [5.41, 5.74) is 0. The Kier molecular flexibility index (Phi) is 8.64. The minimum atomic E-state index is -1.51. The average Bonchev–Trinajstić information content (AvgIpc) is 2.20. The first-order valence-electron chi connectivity index (χ1n) is 6.24. The van der Waals surface area contributed by atoms with Crippen molar-refractivity contribution < 1.29 is 0 Å². The van der Waals surface area contributed by atoms with Crippen LogP contribution in [0.1, 0.15) is 53.4 Å². The Balaban J connectivity index is 3.68. The molecule has 0 unspecified atom stereocenters. The van der Waals surface area contributed by atoms with Crippen LogP contribution in [0.4, 0.5) is 0 Å². The zero-order valence-corrected chi connectivity index (χ0v) is 13.0. The van der Waals surface area contributed by atoms with Crippen molar-refractivity contribution in [2.45, 2.75) is 71.1 Å². The minimum absolute atomic E-state index is 1.38. The van der Waals surface area contributed by atoms with Crippen LogP contribution in [0.2, 0.25) is 17.7 Å². The number of rotatable bonds is 8. The van der Waals surface area contributed by atoms with Gasteiger partial charge in [-0.25, -0.2) is 0 Å². The summed E-state index contributed by atoms with van der Waals surface area (Å²) in [4.78, 5) is 0. The predicted octanol–water partition coefficient (Wildman–Crippen LogP) is 5.08. The molecule has 0 nitrogen and oxygen atoms in total. The van der Waals surface area contributed by atoms with Gasteiger partial charge in [-0.3, -0.25) is 0 Å². The van der Waals surface area contributed by atoms with Gasteiger partial charge >= 0.3 is 89.5 Å². The number of hydrogen-bond donors (Lipinski definition) is 0. The second kappa shape index (κ2) is 8.14. The van der Waals surface area contributed by atoms with Crippen LogP contribution in [-0.2, 0) is 0 Å². The van der Waals surface area contributed by atoms with Gasteiger partial charge in [-0.05, 0) is 0 Å². The van der Waals surface area contributed by atoms with Crippen LogP contribution < -0.4 is 0 Å². The normalized spacial score (nSPS) is 12.0. The molecule has 0 atom stereocenters. The molecule has 0 aliphatic carbocycles. The fourth-order valence-electron chi connectivity index (χ4n) is 2.21. The van der Waals surface area contributed by atoms with E-state index in [1.807, 2.05) is 0 Å². The molecule has 0 aliphatic rings. The predicted molar refractivity (Wildman–Crippen MR) is 66.1 cm³/mol. The Hall–Kier alpha value is 0.799. The molecule has 0 aromatic heterocycles. The molecule has 0 N–H and O–H groups in total. The first-order chi connectivity index (χ1) is 6.24. The third-order valence-corrected chi connectivity index (χ3v) is 20.7. The van der Waals surface area contributed by atoms with E-state index in [-0.39, 0.29) is 0 Å². The van der Waals surface area contributed by atoms with Gasteiger partial charge in [-0.1, -0.05) is 0 Å². The van der Waals surface area contributed by atoms with Crippen molar-refractivity contribution in [3.05, 3.63) is 0 Å². The van der Waals surface area contributed by atoms with Gasteiger partial charge in [0.15, 0.2) is 0 Å². The monoisotopic (exact) mass is 292 g/mol. The fraction of sp³-hybridized carbons (Fsp3) is 1.00. The van der Waals surface area contributed by atoms with Crippen LogP contribution in [0.5, 0.6) is 0 Å². The maximum atomic E-state index is 2.45. The van der Waals surface area contributed by atoms with E-state index in [1.54, 1.807) is 24.2 Å². The van der Waals surface area contributed by atoms with Crippen molar-refractivity contribution in [2.75, 3.05) is 0 Å². The molecule has 0 heterocycles. The Bertz CT molecular complexity index is 97.4. The van der Waals surface area contributed by atoms with Crippen LogP contribution in [0, 0.1) is 0 Å². The molecule has 1 heteroatoms. The van der Waals surface area contributed by atoms with Gasteiger partial charge < -0.3 is 0 Å². The fourth-order valence-corrected chi connectivity index (χ4v) is 12.4. The summed E-state index contributed by atoms with van der Waals surface area (Å²) >= 11 is -1.51. The summed E-state index contributed by atoms with van der Waals surface area (Å²) in [7, 11) is 0. The van der Waals surface area contributed by atoms with Crippen LogP contribution in [0.15, 0.2) is 0 Å². The quantitative estimate of drug-likeness (QED) is 0.432. The molecule has 0 bridgehead atoms. The summed E-state index contributed by atoms with van der Waals surface area (Å²) in [5, 5.41) is 0. The standard InChI is InChI=1S/C6H13.3C2H5.Sn/c1-3-5-6-4-2;3*1-2;/h1,3-6H2,2H3;3*1H2,2H3;. The molecule has 0 amide bonds. The van der Waals surface area contributed by atoms with E-state index >= 15 is 0 Å².